The number of nitrogens with zero attached hydrogens (tertiary/aromatic N) is 3. The number of fused-ring (bicyclic) bond motifs is 1. The Morgan fingerprint density at radius 1 is 1.02 bits per heavy atom. The zero-order valence-electron chi connectivity index (χ0n) is 27.6. The van der Waals surface area contributed by atoms with E-state index in [0.717, 1.165) is 53.2 Å². The standard InChI is InChI=1S/C42H47N3/c1-8-17-34(10-3)40(44-30-33-18-12-11-13-19-33)29-39(43-7)36-21-16-22-37(28-36)45(27-26-31(4)5)41-25-24-35-20-14-15-23-38(35)42(41)32(6)9-2/h8-14,16-22,24-26,28-29,32H,2,7,15,23,27,30H2,1,3-6H3/b17-8-,34-10+,39-29-,44-40?. The average Bonchev–Trinajstić information content (AvgIpc) is 3.07. The van der Waals surface area contributed by atoms with Crippen molar-refractivity contribution in [2.45, 2.75) is 59.9 Å². The predicted octanol–water partition coefficient (Wildman–Crippen LogP) is 11.2. The number of rotatable bonds is 13. The highest BCUT2D eigenvalue weighted by molar-refractivity contribution is 6.13. The fourth-order valence-electron chi connectivity index (χ4n) is 5.69. The van der Waals surface area contributed by atoms with Gasteiger partial charge in [0, 0.05) is 29.4 Å². The summed E-state index contributed by atoms with van der Waals surface area (Å²) in [5.41, 5.74) is 12.6. The van der Waals surface area contributed by atoms with Crippen molar-refractivity contribution in [3.8, 4) is 0 Å². The number of hydrogen-bond acceptors (Lipinski definition) is 3. The van der Waals surface area contributed by atoms with E-state index in [0.29, 0.717) is 6.54 Å². The number of aliphatic imine (C=N–C) groups is 2. The third-order valence-corrected chi connectivity index (χ3v) is 8.14. The molecule has 1 atom stereocenters. The zero-order valence-corrected chi connectivity index (χ0v) is 27.6. The van der Waals surface area contributed by atoms with Crippen molar-refractivity contribution < 1.29 is 0 Å². The Balaban J connectivity index is 1.84. The maximum Gasteiger partial charge on any atom is 0.0717 e. The van der Waals surface area contributed by atoms with Crippen LogP contribution >= 0.6 is 0 Å². The van der Waals surface area contributed by atoms with Gasteiger partial charge in [0.1, 0.15) is 0 Å². The van der Waals surface area contributed by atoms with E-state index < -0.39 is 0 Å². The van der Waals surface area contributed by atoms with Gasteiger partial charge in [-0.05, 0) is 99.4 Å². The summed E-state index contributed by atoms with van der Waals surface area (Å²) in [6.45, 7) is 20.1. The van der Waals surface area contributed by atoms with Crippen LogP contribution in [0, 0.1) is 0 Å². The summed E-state index contributed by atoms with van der Waals surface area (Å²) >= 11 is 0. The molecule has 0 bridgehead atoms. The smallest absolute Gasteiger partial charge is 0.0717 e. The Morgan fingerprint density at radius 3 is 2.51 bits per heavy atom. The molecule has 1 unspecified atom stereocenters. The fourth-order valence-corrected chi connectivity index (χ4v) is 5.69. The summed E-state index contributed by atoms with van der Waals surface area (Å²) in [5.74, 6) is 0.221. The monoisotopic (exact) mass is 593 g/mol. The van der Waals surface area contributed by atoms with Gasteiger partial charge in [0.05, 0.1) is 18.0 Å². The average molecular weight is 594 g/mol. The molecule has 0 N–H and O–H groups in total. The number of hydrogen-bond donors (Lipinski definition) is 0. The Kier molecular flexibility index (Phi) is 12.0. The summed E-state index contributed by atoms with van der Waals surface area (Å²) < 4.78 is 0. The number of anilines is 2. The van der Waals surface area contributed by atoms with Gasteiger partial charge in [0.25, 0.3) is 0 Å². The molecule has 0 amide bonds. The van der Waals surface area contributed by atoms with Crippen LogP contribution < -0.4 is 4.90 Å². The topological polar surface area (TPSA) is 28.0 Å². The lowest BCUT2D eigenvalue weighted by molar-refractivity contribution is 0.884. The molecule has 0 saturated carbocycles. The highest BCUT2D eigenvalue weighted by Crippen LogP contribution is 2.40. The second kappa shape index (κ2) is 16.4. The number of allylic oxidation sites excluding steroid dienone is 8. The van der Waals surface area contributed by atoms with Gasteiger partial charge in [-0.1, -0.05) is 104 Å². The second-order valence-electron chi connectivity index (χ2n) is 11.6. The van der Waals surface area contributed by atoms with Crippen molar-refractivity contribution in [1.82, 2.24) is 0 Å². The minimum absolute atomic E-state index is 0.221. The van der Waals surface area contributed by atoms with Crippen molar-refractivity contribution in [3.05, 3.63) is 155 Å². The van der Waals surface area contributed by atoms with Crippen LogP contribution in [0.1, 0.15) is 74.8 Å². The van der Waals surface area contributed by atoms with E-state index >= 15 is 0 Å². The van der Waals surface area contributed by atoms with Crippen molar-refractivity contribution in [3.63, 3.8) is 0 Å². The van der Waals surface area contributed by atoms with Gasteiger partial charge in [0.15, 0.2) is 0 Å². The van der Waals surface area contributed by atoms with Gasteiger partial charge in [-0.25, -0.2) is 0 Å². The lowest BCUT2D eigenvalue weighted by atomic mass is 9.85. The lowest BCUT2D eigenvalue weighted by Crippen LogP contribution is -2.21. The minimum atomic E-state index is 0.221. The van der Waals surface area contributed by atoms with Crippen LogP contribution in [-0.4, -0.2) is 19.0 Å². The van der Waals surface area contributed by atoms with Crippen molar-refractivity contribution in [1.29, 1.82) is 0 Å². The summed E-state index contributed by atoms with van der Waals surface area (Å²) in [6, 6.07) is 23.5. The molecule has 1 aliphatic carbocycles. The summed E-state index contributed by atoms with van der Waals surface area (Å²) in [5, 5.41) is 0. The molecule has 0 heterocycles. The third kappa shape index (κ3) is 8.45. The second-order valence-corrected chi connectivity index (χ2v) is 11.6. The summed E-state index contributed by atoms with van der Waals surface area (Å²) in [6.07, 6.45) is 19.3. The Labute approximate surface area is 271 Å². The first-order chi connectivity index (χ1) is 21.9. The first-order valence-corrected chi connectivity index (χ1v) is 15.9. The van der Waals surface area contributed by atoms with E-state index in [1.54, 1.807) is 0 Å². The van der Waals surface area contributed by atoms with Crippen LogP contribution in [0.25, 0.3) is 11.8 Å². The maximum absolute atomic E-state index is 5.03. The van der Waals surface area contributed by atoms with E-state index in [1.165, 1.54) is 28.0 Å². The molecular weight excluding hydrogens is 546 g/mol. The normalized spacial score (nSPS) is 14.2. The Bertz CT molecular complexity index is 1670. The molecule has 0 saturated heterocycles. The van der Waals surface area contributed by atoms with E-state index in [4.69, 9.17) is 4.99 Å². The zero-order chi connectivity index (χ0) is 32.2. The molecule has 0 fully saturated rings. The van der Waals surface area contributed by atoms with E-state index in [1.807, 2.05) is 38.1 Å². The largest absolute Gasteiger partial charge is 0.337 e. The molecule has 3 nitrogen and oxygen atoms in total. The molecule has 3 aromatic carbocycles. The molecule has 230 valence electrons. The van der Waals surface area contributed by atoms with Gasteiger partial charge < -0.3 is 4.90 Å². The van der Waals surface area contributed by atoms with Crippen LogP contribution in [-0.2, 0) is 13.0 Å². The summed E-state index contributed by atoms with van der Waals surface area (Å²) in [7, 11) is 0. The highest BCUT2D eigenvalue weighted by Gasteiger charge is 2.22. The highest BCUT2D eigenvalue weighted by atomic mass is 15.1. The SMILES string of the molecule is C=CC(C)c1c(N(CC=C(C)C)c2cccc(/C(=C/C(=NCc3ccccc3)C(/C=C\C)=C/C)N=C)c2)ccc2c1CCC=C2. The quantitative estimate of drug-likeness (QED) is 0.110. The minimum Gasteiger partial charge on any atom is -0.337 e. The fraction of sp³-hybridized carbons (Fsp3) is 0.238. The van der Waals surface area contributed by atoms with E-state index in [-0.39, 0.29) is 5.92 Å². The van der Waals surface area contributed by atoms with Crippen molar-refractivity contribution in [2.24, 2.45) is 9.98 Å². The third-order valence-electron chi connectivity index (χ3n) is 8.14. The first-order valence-electron chi connectivity index (χ1n) is 15.9. The first kappa shape index (κ1) is 33.1. The molecule has 3 heteroatoms. The van der Waals surface area contributed by atoms with Crippen LogP contribution in [0.4, 0.5) is 11.4 Å². The van der Waals surface area contributed by atoms with E-state index in [9.17, 15) is 0 Å². The molecule has 1 aliphatic rings. The lowest BCUT2D eigenvalue weighted by Gasteiger charge is -2.31. The predicted molar refractivity (Wildman–Crippen MR) is 199 cm³/mol. The van der Waals surface area contributed by atoms with Gasteiger partial charge in [-0.15, -0.1) is 6.58 Å². The van der Waals surface area contributed by atoms with Crippen molar-refractivity contribution >= 4 is 35.6 Å². The van der Waals surface area contributed by atoms with Crippen LogP contribution in [0.15, 0.2) is 137 Å². The van der Waals surface area contributed by atoms with Gasteiger partial charge in [-0.2, -0.15) is 0 Å². The molecule has 0 spiro atoms. The molecule has 4 rings (SSSR count). The van der Waals surface area contributed by atoms with Crippen LogP contribution in [0.2, 0.25) is 0 Å². The van der Waals surface area contributed by atoms with E-state index in [2.05, 4.69) is 135 Å². The molecule has 3 aromatic rings. The summed E-state index contributed by atoms with van der Waals surface area (Å²) in [4.78, 5) is 12.0. The van der Waals surface area contributed by atoms with Gasteiger partial charge in [-0.3, -0.25) is 9.98 Å². The Hall–Kier alpha value is -4.76. The molecule has 0 aromatic heterocycles. The van der Waals surface area contributed by atoms with Gasteiger partial charge in [0.2, 0.25) is 0 Å². The maximum atomic E-state index is 5.03. The molecule has 0 radical (unpaired) electrons. The molecule has 45 heavy (non-hydrogen) atoms. The molecular formula is C42H47N3. The van der Waals surface area contributed by atoms with Crippen LogP contribution in [0.3, 0.4) is 0 Å². The Morgan fingerprint density at radius 2 is 1.82 bits per heavy atom. The van der Waals surface area contributed by atoms with Gasteiger partial charge >= 0.3 is 0 Å². The van der Waals surface area contributed by atoms with Crippen LogP contribution in [0.5, 0.6) is 0 Å². The van der Waals surface area contributed by atoms with Crippen molar-refractivity contribution in [2.75, 3.05) is 11.4 Å². The molecule has 0 aliphatic heterocycles. The number of benzene rings is 3.